The van der Waals surface area contributed by atoms with Crippen molar-refractivity contribution >= 4 is 34.8 Å². The molecule has 1 saturated carbocycles. The fraction of sp³-hybridized carbons (Fsp3) is 0.520. The van der Waals surface area contributed by atoms with E-state index >= 15 is 0 Å². The Hall–Kier alpha value is -1.01. The van der Waals surface area contributed by atoms with Crippen LogP contribution in [0.1, 0.15) is 44.2 Å². The molecule has 2 N–H and O–H groups in total. The molecule has 2 aliphatic rings. The van der Waals surface area contributed by atoms with Gasteiger partial charge in [-0.25, -0.2) is 0 Å². The molecule has 176 valence electrons. The zero-order chi connectivity index (χ0) is 23.1. The number of allylic oxidation sites excluding steroid dienone is 3. The van der Waals surface area contributed by atoms with Gasteiger partial charge in [0.2, 0.25) is 0 Å². The first-order chi connectivity index (χ1) is 15.4. The highest BCUT2D eigenvalue weighted by Crippen LogP contribution is 2.27. The Morgan fingerprint density at radius 2 is 1.84 bits per heavy atom. The highest BCUT2D eigenvalue weighted by molar-refractivity contribution is 6.35. The maximum atomic E-state index is 9.75. The highest BCUT2D eigenvalue weighted by atomic mass is 35.5. The highest BCUT2D eigenvalue weighted by Gasteiger charge is 2.27. The van der Waals surface area contributed by atoms with E-state index < -0.39 is 0 Å². The molecule has 1 saturated heterocycles. The van der Waals surface area contributed by atoms with E-state index in [0.717, 1.165) is 68.2 Å². The lowest BCUT2D eigenvalue weighted by Gasteiger charge is -2.42. The average molecular weight is 499 g/mol. The lowest BCUT2D eigenvalue weighted by molar-refractivity contribution is 0.0520. The molecule has 0 radical (unpaired) electrons. The van der Waals surface area contributed by atoms with Gasteiger partial charge in [-0.05, 0) is 68.5 Å². The number of rotatable bonds is 8. The molecule has 0 unspecified atom stereocenters. The molecule has 0 spiro atoms. The second-order valence-electron chi connectivity index (χ2n) is 8.66. The molecule has 4 nitrogen and oxygen atoms in total. The minimum atomic E-state index is -0.0972. The number of benzene rings is 1. The van der Waals surface area contributed by atoms with Crippen LogP contribution in [0.15, 0.2) is 53.7 Å². The van der Waals surface area contributed by atoms with Gasteiger partial charge in [0.15, 0.2) is 0 Å². The monoisotopic (exact) mass is 497 g/mol. The zero-order valence-electron chi connectivity index (χ0n) is 18.7. The number of nitrogens with one attached hydrogen (secondary N) is 1. The van der Waals surface area contributed by atoms with Crippen LogP contribution in [0.25, 0.3) is 0 Å². The Bertz CT molecular complexity index is 826. The summed E-state index contributed by atoms with van der Waals surface area (Å²) in [7, 11) is 0. The minimum Gasteiger partial charge on any atom is -0.393 e. The van der Waals surface area contributed by atoms with E-state index in [1.54, 1.807) is 6.07 Å². The summed E-state index contributed by atoms with van der Waals surface area (Å²) in [5, 5.41) is 15.2. The fourth-order valence-corrected chi connectivity index (χ4v) is 5.23. The van der Waals surface area contributed by atoms with E-state index in [-0.39, 0.29) is 12.1 Å². The van der Waals surface area contributed by atoms with Crippen molar-refractivity contribution in [2.45, 2.75) is 50.8 Å². The van der Waals surface area contributed by atoms with Crippen molar-refractivity contribution in [1.82, 2.24) is 15.1 Å². The molecular weight excluding hydrogens is 465 g/mol. The maximum Gasteiger partial charge on any atom is 0.0541 e. The summed E-state index contributed by atoms with van der Waals surface area (Å²) in [6.07, 6.45) is 9.87. The Morgan fingerprint density at radius 1 is 1.16 bits per heavy atom. The molecular formula is C25H34Cl3N3O. The first kappa shape index (κ1) is 25.6. The third-order valence-corrected chi connectivity index (χ3v) is 7.33. The van der Waals surface area contributed by atoms with Crippen molar-refractivity contribution in [1.29, 1.82) is 0 Å². The van der Waals surface area contributed by atoms with Gasteiger partial charge in [0.1, 0.15) is 0 Å². The van der Waals surface area contributed by atoms with Gasteiger partial charge in [-0.1, -0.05) is 47.4 Å². The Morgan fingerprint density at radius 3 is 2.47 bits per heavy atom. The molecule has 1 atom stereocenters. The summed E-state index contributed by atoms with van der Waals surface area (Å²) in [4.78, 5) is 4.95. The number of halogens is 3. The molecule has 3 rings (SSSR count). The van der Waals surface area contributed by atoms with E-state index in [4.69, 9.17) is 34.8 Å². The van der Waals surface area contributed by atoms with Gasteiger partial charge in [-0.3, -0.25) is 4.90 Å². The summed E-state index contributed by atoms with van der Waals surface area (Å²) >= 11 is 18.8. The van der Waals surface area contributed by atoms with Crippen LogP contribution in [0, 0.1) is 0 Å². The number of hydrogen-bond donors (Lipinski definition) is 2. The van der Waals surface area contributed by atoms with Crippen LogP contribution in [0.4, 0.5) is 0 Å². The average Bonchev–Trinajstić information content (AvgIpc) is 2.79. The third kappa shape index (κ3) is 7.24. The standard InChI is InChI=1S/C25H34Cl3N3O/c1-3-21(30-12-14-31(15-13-30)22-7-9-23(32)10-8-22)6-4-20(27)17-29-18(2)24-11-5-19(26)16-25(24)28/h3-6,11,16,18,22-23,29,32H,1,7-10,12-15,17H2,2H3/b20-4+,21-6+/t18-,22?,23?/m1/s1. The van der Waals surface area contributed by atoms with Gasteiger partial charge < -0.3 is 15.3 Å². The Balaban J connectivity index is 1.49. The van der Waals surface area contributed by atoms with Crippen molar-refractivity contribution in [2.75, 3.05) is 32.7 Å². The van der Waals surface area contributed by atoms with Gasteiger partial charge in [0.05, 0.1) is 6.10 Å². The van der Waals surface area contributed by atoms with E-state index in [2.05, 4.69) is 28.6 Å². The summed E-state index contributed by atoms with van der Waals surface area (Å²) < 4.78 is 0. The molecule has 0 bridgehead atoms. The van der Waals surface area contributed by atoms with Crippen molar-refractivity contribution in [2.24, 2.45) is 0 Å². The van der Waals surface area contributed by atoms with Crippen LogP contribution in [0.2, 0.25) is 10.0 Å². The summed E-state index contributed by atoms with van der Waals surface area (Å²) in [6.45, 7) is 10.6. The minimum absolute atomic E-state index is 0.0544. The second kappa shape index (κ2) is 12.5. The molecule has 1 aromatic carbocycles. The Labute approximate surface area is 207 Å². The van der Waals surface area contributed by atoms with Gasteiger partial charge in [-0.2, -0.15) is 0 Å². The molecule has 1 aliphatic carbocycles. The molecule has 1 aliphatic heterocycles. The topological polar surface area (TPSA) is 38.7 Å². The van der Waals surface area contributed by atoms with Crippen LogP contribution in [-0.2, 0) is 0 Å². The molecule has 32 heavy (non-hydrogen) atoms. The fourth-order valence-electron chi connectivity index (χ4n) is 4.52. The van der Waals surface area contributed by atoms with E-state index in [1.165, 1.54) is 0 Å². The third-order valence-electron chi connectivity index (χ3n) is 6.51. The van der Waals surface area contributed by atoms with Gasteiger partial charge in [0, 0.05) is 65.6 Å². The quantitative estimate of drug-likeness (QED) is 0.447. The predicted octanol–water partition coefficient (Wildman–Crippen LogP) is 5.76. The first-order valence-corrected chi connectivity index (χ1v) is 12.5. The summed E-state index contributed by atoms with van der Waals surface area (Å²) in [6, 6.07) is 6.21. The largest absolute Gasteiger partial charge is 0.393 e. The predicted molar refractivity (Wildman–Crippen MR) is 137 cm³/mol. The van der Waals surface area contributed by atoms with Crippen molar-refractivity contribution in [3.8, 4) is 0 Å². The van der Waals surface area contributed by atoms with Crippen LogP contribution >= 0.6 is 34.8 Å². The van der Waals surface area contributed by atoms with Gasteiger partial charge >= 0.3 is 0 Å². The van der Waals surface area contributed by atoms with Crippen molar-refractivity contribution in [3.05, 3.63) is 69.3 Å². The summed E-state index contributed by atoms with van der Waals surface area (Å²) in [5.74, 6) is 0. The summed E-state index contributed by atoms with van der Waals surface area (Å²) in [5.41, 5.74) is 2.09. The van der Waals surface area contributed by atoms with Crippen LogP contribution in [-0.4, -0.2) is 59.8 Å². The smallest absolute Gasteiger partial charge is 0.0541 e. The molecule has 0 amide bonds. The number of hydrogen-bond acceptors (Lipinski definition) is 4. The second-order valence-corrected chi connectivity index (χ2v) is 9.99. The molecule has 0 aromatic heterocycles. The van der Waals surface area contributed by atoms with Gasteiger partial charge in [0.25, 0.3) is 0 Å². The number of aliphatic hydroxyl groups excluding tert-OH is 1. The van der Waals surface area contributed by atoms with Crippen LogP contribution in [0.5, 0.6) is 0 Å². The SMILES string of the molecule is C=C/C(=C\C=C(\Cl)CN[C@H](C)c1ccc(Cl)cc1Cl)N1CCN(C2CCC(O)CC2)CC1. The normalized spacial score (nSPS) is 24.5. The molecule has 7 heteroatoms. The molecule has 1 aromatic rings. The lowest BCUT2D eigenvalue weighted by Crippen LogP contribution is -2.50. The maximum absolute atomic E-state index is 9.75. The van der Waals surface area contributed by atoms with Crippen LogP contribution in [0.3, 0.4) is 0 Å². The van der Waals surface area contributed by atoms with Crippen molar-refractivity contribution < 1.29 is 5.11 Å². The number of nitrogens with zero attached hydrogens (tertiary/aromatic N) is 2. The first-order valence-electron chi connectivity index (χ1n) is 11.4. The molecule has 2 fully saturated rings. The van der Waals surface area contributed by atoms with E-state index in [0.29, 0.717) is 22.6 Å². The van der Waals surface area contributed by atoms with Crippen molar-refractivity contribution in [3.63, 3.8) is 0 Å². The number of piperazine rings is 1. The zero-order valence-corrected chi connectivity index (χ0v) is 21.0. The Kier molecular flexibility index (Phi) is 9.97. The number of aliphatic hydroxyl groups is 1. The van der Waals surface area contributed by atoms with Gasteiger partial charge in [-0.15, -0.1) is 0 Å². The van der Waals surface area contributed by atoms with Crippen LogP contribution < -0.4 is 5.32 Å². The van der Waals surface area contributed by atoms with E-state index in [1.807, 2.05) is 30.4 Å². The lowest BCUT2D eigenvalue weighted by atomic mass is 9.91. The van der Waals surface area contributed by atoms with E-state index in [9.17, 15) is 5.11 Å². The molecule has 1 heterocycles.